The molecule has 158 valence electrons. The van der Waals surface area contributed by atoms with Crippen molar-refractivity contribution in [1.82, 2.24) is 30.0 Å². The number of anilines is 1. The minimum absolute atomic E-state index is 0.0863. The summed E-state index contributed by atoms with van der Waals surface area (Å²) in [5, 5.41) is 20.6. The van der Waals surface area contributed by atoms with Gasteiger partial charge in [-0.25, -0.2) is 4.68 Å². The third-order valence-electron chi connectivity index (χ3n) is 4.63. The van der Waals surface area contributed by atoms with Crippen molar-refractivity contribution in [3.63, 3.8) is 0 Å². The predicted octanol–water partition coefficient (Wildman–Crippen LogP) is 4.24. The second kappa shape index (κ2) is 9.32. The van der Waals surface area contributed by atoms with Crippen LogP contribution >= 0.6 is 23.4 Å². The van der Waals surface area contributed by atoms with E-state index in [1.54, 1.807) is 16.8 Å². The first-order chi connectivity index (χ1) is 15.0. The van der Waals surface area contributed by atoms with Crippen LogP contribution in [0.4, 0.5) is 5.69 Å². The van der Waals surface area contributed by atoms with Gasteiger partial charge in [0.05, 0.1) is 28.5 Å². The topological polar surface area (TPSA) is 90.5 Å². The largest absolute Gasteiger partial charge is 0.323 e. The Morgan fingerprint density at radius 2 is 1.74 bits per heavy atom. The molecular formula is C21H20ClN7OS. The highest BCUT2D eigenvalue weighted by Gasteiger charge is 2.16. The Hall–Kier alpha value is -3.17. The maximum Gasteiger partial charge on any atom is 0.225 e. The van der Waals surface area contributed by atoms with Crippen LogP contribution in [0.1, 0.15) is 17.8 Å². The Morgan fingerprint density at radius 1 is 1.03 bits per heavy atom. The number of nitrogens with one attached hydrogen (secondary N) is 1. The van der Waals surface area contributed by atoms with Crippen molar-refractivity contribution >= 4 is 35.0 Å². The van der Waals surface area contributed by atoms with Gasteiger partial charge in [-0.2, -0.15) is 9.78 Å². The molecular weight excluding hydrogens is 434 g/mol. The van der Waals surface area contributed by atoms with Crippen LogP contribution in [0.15, 0.2) is 59.8 Å². The molecule has 0 spiro atoms. The first kappa shape index (κ1) is 21.1. The van der Waals surface area contributed by atoms with Gasteiger partial charge in [-0.05, 0) is 60.7 Å². The van der Waals surface area contributed by atoms with Gasteiger partial charge >= 0.3 is 0 Å². The second-order valence-corrected chi connectivity index (χ2v) is 8.29. The monoisotopic (exact) mass is 453 g/mol. The highest BCUT2D eigenvalue weighted by Crippen LogP contribution is 2.24. The van der Waals surface area contributed by atoms with Gasteiger partial charge in [0.25, 0.3) is 0 Å². The lowest BCUT2D eigenvalue weighted by molar-refractivity contribution is -0.115. The Kier molecular flexibility index (Phi) is 6.34. The summed E-state index contributed by atoms with van der Waals surface area (Å²) in [6.07, 6.45) is 0.313. The lowest BCUT2D eigenvalue weighted by Crippen LogP contribution is -2.13. The molecule has 8 nitrogen and oxygen atoms in total. The van der Waals surface area contributed by atoms with Crippen LogP contribution in [-0.4, -0.2) is 41.6 Å². The SMILES string of the molecule is Cc1nn(-c2ccccc2)c(C)c1NC(=O)CCSc1nnnn1-c1ccc(Cl)cc1. The van der Waals surface area contributed by atoms with E-state index in [0.29, 0.717) is 22.4 Å². The third kappa shape index (κ3) is 4.78. The minimum Gasteiger partial charge on any atom is -0.323 e. The molecule has 0 fully saturated rings. The molecule has 0 bridgehead atoms. The van der Waals surface area contributed by atoms with E-state index in [-0.39, 0.29) is 5.91 Å². The molecule has 10 heteroatoms. The van der Waals surface area contributed by atoms with Gasteiger partial charge < -0.3 is 5.32 Å². The van der Waals surface area contributed by atoms with E-state index in [2.05, 4.69) is 25.9 Å². The number of halogens is 1. The normalized spacial score (nSPS) is 10.9. The molecule has 2 heterocycles. The first-order valence-corrected chi connectivity index (χ1v) is 11.0. The summed E-state index contributed by atoms with van der Waals surface area (Å²) in [6, 6.07) is 17.1. The average molecular weight is 454 g/mol. The number of aromatic nitrogens is 6. The van der Waals surface area contributed by atoms with Crippen molar-refractivity contribution in [2.45, 2.75) is 25.4 Å². The van der Waals surface area contributed by atoms with E-state index in [4.69, 9.17) is 11.6 Å². The van der Waals surface area contributed by atoms with Crippen LogP contribution in [-0.2, 0) is 4.79 Å². The molecule has 0 aliphatic carbocycles. The molecule has 4 rings (SSSR count). The van der Waals surface area contributed by atoms with Crippen molar-refractivity contribution in [1.29, 1.82) is 0 Å². The molecule has 4 aromatic rings. The van der Waals surface area contributed by atoms with Crippen molar-refractivity contribution < 1.29 is 4.79 Å². The molecule has 0 atom stereocenters. The molecule has 2 aromatic carbocycles. The number of carbonyl (C=O) groups excluding carboxylic acids is 1. The third-order valence-corrected chi connectivity index (χ3v) is 5.80. The molecule has 1 N–H and O–H groups in total. The zero-order valence-corrected chi connectivity index (χ0v) is 18.6. The fraction of sp³-hybridized carbons (Fsp3) is 0.190. The van der Waals surface area contributed by atoms with E-state index >= 15 is 0 Å². The molecule has 0 radical (unpaired) electrons. The number of aryl methyl sites for hydroxylation is 1. The summed E-state index contributed by atoms with van der Waals surface area (Å²) in [7, 11) is 0. The van der Waals surface area contributed by atoms with Crippen LogP contribution in [0.25, 0.3) is 11.4 Å². The Balaban J connectivity index is 1.38. The minimum atomic E-state index is -0.0863. The summed E-state index contributed by atoms with van der Waals surface area (Å²) in [4.78, 5) is 12.5. The Morgan fingerprint density at radius 3 is 2.48 bits per heavy atom. The number of rotatable bonds is 7. The molecule has 1 amide bonds. The van der Waals surface area contributed by atoms with E-state index in [1.807, 2.05) is 61.0 Å². The van der Waals surface area contributed by atoms with Gasteiger partial charge in [-0.15, -0.1) is 5.10 Å². The number of amides is 1. The maximum atomic E-state index is 12.5. The van der Waals surface area contributed by atoms with Crippen LogP contribution in [0, 0.1) is 13.8 Å². The summed E-state index contributed by atoms with van der Waals surface area (Å²) >= 11 is 7.35. The Bertz CT molecular complexity index is 1190. The summed E-state index contributed by atoms with van der Waals surface area (Å²) < 4.78 is 3.46. The van der Waals surface area contributed by atoms with Crippen LogP contribution in [0.2, 0.25) is 5.02 Å². The number of hydrogen-bond acceptors (Lipinski definition) is 6. The van der Waals surface area contributed by atoms with Gasteiger partial charge in [0.15, 0.2) is 0 Å². The number of thioether (sulfide) groups is 1. The standard InChI is InChI=1S/C21H20ClN7OS/c1-14-20(15(2)28(25-14)17-6-4-3-5-7-17)23-19(30)12-13-31-21-24-26-27-29(21)18-10-8-16(22)9-11-18/h3-11H,12-13H2,1-2H3,(H,23,30). The number of hydrogen-bond donors (Lipinski definition) is 1. The van der Waals surface area contributed by atoms with Crippen molar-refractivity contribution in [2.75, 3.05) is 11.1 Å². The fourth-order valence-corrected chi connectivity index (χ4v) is 4.05. The maximum absolute atomic E-state index is 12.5. The zero-order valence-electron chi connectivity index (χ0n) is 17.0. The molecule has 0 unspecified atom stereocenters. The van der Waals surface area contributed by atoms with Gasteiger partial charge in [-0.3, -0.25) is 4.79 Å². The van der Waals surface area contributed by atoms with Crippen LogP contribution in [0.3, 0.4) is 0 Å². The number of para-hydroxylation sites is 1. The Labute approximate surface area is 188 Å². The number of carbonyl (C=O) groups is 1. The summed E-state index contributed by atoms with van der Waals surface area (Å²) in [5.41, 5.74) is 4.16. The van der Waals surface area contributed by atoms with Gasteiger partial charge in [0.1, 0.15) is 0 Å². The summed E-state index contributed by atoms with van der Waals surface area (Å²) in [5.74, 6) is 0.446. The second-order valence-electron chi connectivity index (χ2n) is 6.79. The van der Waals surface area contributed by atoms with Crippen molar-refractivity contribution in [3.8, 4) is 11.4 Å². The number of benzene rings is 2. The van der Waals surface area contributed by atoms with E-state index in [0.717, 1.165) is 28.5 Å². The van der Waals surface area contributed by atoms with Crippen LogP contribution in [0.5, 0.6) is 0 Å². The molecule has 0 saturated heterocycles. The van der Waals surface area contributed by atoms with E-state index in [9.17, 15) is 4.79 Å². The average Bonchev–Trinajstić information content (AvgIpc) is 3.35. The van der Waals surface area contributed by atoms with E-state index in [1.165, 1.54) is 11.8 Å². The number of nitrogens with zero attached hydrogens (tertiary/aromatic N) is 6. The first-order valence-electron chi connectivity index (χ1n) is 9.61. The quantitative estimate of drug-likeness (QED) is 0.421. The predicted molar refractivity (Wildman–Crippen MR) is 121 cm³/mol. The summed E-state index contributed by atoms with van der Waals surface area (Å²) in [6.45, 7) is 3.83. The molecule has 2 aromatic heterocycles. The molecule has 0 saturated carbocycles. The number of tetrazole rings is 1. The van der Waals surface area contributed by atoms with Crippen LogP contribution < -0.4 is 5.32 Å². The van der Waals surface area contributed by atoms with Crippen molar-refractivity contribution in [3.05, 3.63) is 71.0 Å². The van der Waals surface area contributed by atoms with Gasteiger partial charge in [0, 0.05) is 17.2 Å². The van der Waals surface area contributed by atoms with Gasteiger partial charge in [-0.1, -0.05) is 41.6 Å². The highest BCUT2D eigenvalue weighted by molar-refractivity contribution is 7.99. The molecule has 31 heavy (non-hydrogen) atoms. The van der Waals surface area contributed by atoms with E-state index < -0.39 is 0 Å². The fourth-order valence-electron chi connectivity index (χ4n) is 3.09. The van der Waals surface area contributed by atoms with Crippen molar-refractivity contribution in [2.24, 2.45) is 0 Å². The van der Waals surface area contributed by atoms with Gasteiger partial charge in [0.2, 0.25) is 11.1 Å². The lowest BCUT2D eigenvalue weighted by atomic mass is 10.3. The zero-order chi connectivity index (χ0) is 21.8. The molecule has 0 aliphatic rings. The smallest absolute Gasteiger partial charge is 0.225 e. The lowest BCUT2D eigenvalue weighted by Gasteiger charge is -2.07. The highest BCUT2D eigenvalue weighted by atomic mass is 35.5. The molecule has 0 aliphatic heterocycles.